The smallest absolute Gasteiger partial charge is 0.00391 e. The lowest BCUT2D eigenvalue weighted by Gasteiger charge is -2.29. The lowest BCUT2D eigenvalue weighted by molar-refractivity contribution is 0.384. The van der Waals surface area contributed by atoms with E-state index >= 15 is 0 Å². The Hall–Kier alpha value is -0.820. The largest absolute Gasteiger partial charge is 0.314 e. The molecule has 1 aromatic carbocycles. The van der Waals surface area contributed by atoms with E-state index in [1.807, 2.05) is 0 Å². The van der Waals surface area contributed by atoms with Crippen molar-refractivity contribution in [2.24, 2.45) is 0 Å². The SMILES string of the molecule is Cc1cc(C)c(C2CCC(C)NC2)cc1C. The summed E-state index contributed by atoms with van der Waals surface area (Å²) < 4.78 is 0. The van der Waals surface area contributed by atoms with Gasteiger partial charge in [0.2, 0.25) is 0 Å². The maximum absolute atomic E-state index is 3.59. The Balaban J connectivity index is 2.23. The van der Waals surface area contributed by atoms with Crippen LogP contribution in [0.1, 0.15) is 47.9 Å². The molecule has 1 aromatic rings. The minimum Gasteiger partial charge on any atom is -0.314 e. The number of rotatable bonds is 1. The topological polar surface area (TPSA) is 12.0 Å². The van der Waals surface area contributed by atoms with E-state index in [0.29, 0.717) is 6.04 Å². The van der Waals surface area contributed by atoms with E-state index in [-0.39, 0.29) is 0 Å². The predicted octanol–water partition coefficient (Wildman–Crippen LogP) is 3.47. The Morgan fingerprint density at radius 2 is 1.69 bits per heavy atom. The summed E-state index contributed by atoms with van der Waals surface area (Å²) in [5.74, 6) is 0.718. The van der Waals surface area contributed by atoms with E-state index in [0.717, 1.165) is 12.5 Å². The summed E-state index contributed by atoms with van der Waals surface area (Å²) >= 11 is 0. The molecule has 16 heavy (non-hydrogen) atoms. The highest BCUT2D eigenvalue weighted by Gasteiger charge is 2.20. The molecular formula is C15H23N. The van der Waals surface area contributed by atoms with Crippen molar-refractivity contribution < 1.29 is 0 Å². The third-order valence-electron chi connectivity index (χ3n) is 3.98. The third-order valence-corrected chi connectivity index (χ3v) is 3.98. The van der Waals surface area contributed by atoms with Crippen molar-refractivity contribution in [1.29, 1.82) is 0 Å². The number of aryl methyl sites for hydroxylation is 3. The molecule has 0 amide bonds. The lowest BCUT2D eigenvalue weighted by atomic mass is 9.85. The average Bonchev–Trinajstić information content (AvgIpc) is 2.25. The molecule has 1 aliphatic heterocycles. The van der Waals surface area contributed by atoms with Gasteiger partial charge in [-0.2, -0.15) is 0 Å². The van der Waals surface area contributed by atoms with Crippen LogP contribution in [-0.2, 0) is 0 Å². The molecule has 1 heterocycles. The Bertz CT molecular complexity index is 373. The highest BCUT2D eigenvalue weighted by molar-refractivity contribution is 5.38. The lowest BCUT2D eigenvalue weighted by Crippen LogP contribution is -2.36. The van der Waals surface area contributed by atoms with Crippen molar-refractivity contribution in [2.45, 2.75) is 52.5 Å². The minimum absolute atomic E-state index is 0.697. The number of benzene rings is 1. The fraction of sp³-hybridized carbons (Fsp3) is 0.600. The highest BCUT2D eigenvalue weighted by atomic mass is 14.9. The molecule has 0 spiro atoms. The summed E-state index contributed by atoms with van der Waals surface area (Å²) in [6.45, 7) is 10.1. The van der Waals surface area contributed by atoms with Crippen LogP contribution >= 0.6 is 0 Å². The van der Waals surface area contributed by atoms with Gasteiger partial charge in [0.05, 0.1) is 0 Å². The maximum atomic E-state index is 3.59. The first-order chi connectivity index (χ1) is 7.58. The molecule has 0 aromatic heterocycles. The molecule has 2 atom stereocenters. The summed E-state index contributed by atoms with van der Waals surface area (Å²) in [5, 5.41) is 3.59. The van der Waals surface area contributed by atoms with Crippen molar-refractivity contribution in [3.8, 4) is 0 Å². The first-order valence-electron chi connectivity index (χ1n) is 6.39. The van der Waals surface area contributed by atoms with Crippen LogP contribution in [-0.4, -0.2) is 12.6 Å². The summed E-state index contributed by atoms with van der Waals surface area (Å²) in [6.07, 6.45) is 2.63. The average molecular weight is 217 g/mol. The Labute approximate surface area is 99.3 Å². The fourth-order valence-corrected chi connectivity index (χ4v) is 2.69. The highest BCUT2D eigenvalue weighted by Crippen LogP contribution is 2.29. The van der Waals surface area contributed by atoms with Crippen LogP contribution in [0.4, 0.5) is 0 Å². The van der Waals surface area contributed by atoms with E-state index < -0.39 is 0 Å². The third kappa shape index (κ3) is 2.30. The fourth-order valence-electron chi connectivity index (χ4n) is 2.69. The zero-order chi connectivity index (χ0) is 11.7. The van der Waals surface area contributed by atoms with Crippen LogP contribution in [0.25, 0.3) is 0 Å². The first-order valence-corrected chi connectivity index (χ1v) is 6.39. The molecule has 1 aliphatic rings. The molecule has 1 nitrogen and oxygen atoms in total. The normalized spacial score (nSPS) is 25.8. The van der Waals surface area contributed by atoms with Gasteiger partial charge in [-0.1, -0.05) is 12.1 Å². The zero-order valence-corrected chi connectivity index (χ0v) is 10.9. The molecule has 1 heteroatoms. The minimum atomic E-state index is 0.697. The molecular weight excluding hydrogens is 194 g/mol. The number of piperidine rings is 1. The number of hydrogen-bond acceptors (Lipinski definition) is 1. The molecule has 2 unspecified atom stereocenters. The Morgan fingerprint density at radius 3 is 2.31 bits per heavy atom. The molecule has 1 fully saturated rings. The molecule has 0 saturated carbocycles. The van der Waals surface area contributed by atoms with Gasteiger partial charge in [-0.3, -0.25) is 0 Å². The molecule has 88 valence electrons. The second kappa shape index (κ2) is 4.58. The van der Waals surface area contributed by atoms with Crippen LogP contribution in [0.3, 0.4) is 0 Å². The quantitative estimate of drug-likeness (QED) is 0.759. The van der Waals surface area contributed by atoms with E-state index in [2.05, 4.69) is 45.1 Å². The summed E-state index contributed by atoms with van der Waals surface area (Å²) in [6, 6.07) is 5.43. The monoisotopic (exact) mass is 217 g/mol. The van der Waals surface area contributed by atoms with Gasteiger partial charge in [-0.05, 0) is 68.7 Å². The molecule has 1 N–H and O–H groups in total. The van der Waals surface area contributed by atoms with Crippen LogP contribution in [0.5, 0.6) is 0 Å². The number of hydrogen-bond donors (Lipinski definition) is 1. The summed E-state index contributed by atoms with van der Waals surface area (Å²) in [4.78, 5) is 0. The van der Waals surface area contributed by atoms with Gasteiger partial charge in [0.25, 0.3) is 0 Å². The zero-order valence-electron chi connectivity index (χ0n) is 10.9. The van der Waals surface area contributed by atoms with Crippen molar-refractivity contribution >= 4 is 0 Å². The van der Waals surface area contributed by atoms with Crippen molar-refractivity contribution in [3.63, 3.8) is 0 Å². The summed E-state index contributed by atoms with van der Waals surface area (Å²) in [7, 11) is 0. The van der Waals surface area contributed by atoms with Crippen molar-refractivity contribution in [1.82, 2.24) is 5.32 Å². The standard InChI is InChI=1S/C15H23N/c1-10-7-12(3)15(8-11(10)2)14-6-5-13(4)16-9-14/h7-8,13-14,16H,5-6,9H2,1-4H3. The van der Waals surface area contributed by atoms with Crippen LogP contribution in [0, 0.1) is 20.8 Å². The maximum Gasteiger partial charge on any atom is 0.00391 e. The van der Waals surface area contributed by atoms with Crippen molar-refractivity contribution in [2.75, 3.05) is 6.54 Å². The van der Waals surface area contributed by atoms with Gasteiger partial charge in [-0.25, -0.2) is 0 Å². The van der Waals surface area contributed by atoms with E-state index in [9.17, 15) is 0 Å². The van der Waals surface area contributed by atoms with E-state index in [1.165, 1.54) is 29.5 Å². The molecule has 2 rings (SSSR count). The van der Waals surface area contributed by atoms with Gasteiger partial charge >= 0.3 is 0 Å². The van der Waals surface area contributed by atoms with Gasteiger partial charge in [0.1, 0.15) is 0 Å². The van der Waals surface area contributed by atoms with Gasteiger partial charge in [0.15, 0.2) is 0 Å². The van der Waals surface area contributed by atoms with Gasteiger partial charge in [-0.15, -0.1) is 0 Å². The molecule has 1 saturated heterocycles. The Morgan fingerprint density at radius 1 is 1.00 bits per heavy atom. The first kappa shape index (κ1) is 11.7. The molecule has 0 radical (unpaired) electrons. The van der Waals surface area contributed by atoms with E-state index in [1.54, 1.807) is 5.56 Å². The second-order valence-electron chi connectivity index (χ2n) is 5.38. The van der Waals surface area contributed by atoms with Crippen molar-refractivity contribution in [3.05, 3.63) is 34.4 Å². The van der Waals surface area contributed by atoms with Gasteiger partial charge in [0, 0.05) is 12.6 Å². The predicted molar refractivity (Wildman–Crippen MR) is 70.1 cm³/mol. The number of nitrogens with one attached hydrogen (secondary N) is 1. The van der Waals surface area contributed by atoms with E-state index in [4.69, 9.17) is 0 Å². The van der Waals surface area contributed by atoms with Gasteiger partial charge < -0.3 is 5.32 Å². The second-order valence-corrected chi connectivity index (χ2v) is 5.38. The van der Waals surface area contributed by atoms with Crippen LogP contribution < -0.4 is 5.32 Å². The molecule has 0 bridgehead atoms. The van der Waals surface area contributed by atoms with Crippen LogP contribution in [0.15, 0.2) is 12.1 Å². The van der Waals surface area contributed by atoms with Crippen LogP contribution in [0.2, 0.25) is 0 Å². The summed E-state index contributed by atoms with van der Waals surface area (Å²) in [5.41, 5.74) is 5.87. The Kier molecular flexibility index (Phi) is 3.34. The molecule has 0 aliphatic carbocycles.